The van der Waals surface area contributed by atoms with Crippen molar-refractivity contribution >= 4 is 17.2 Å². The Balaban J connectivity index is 1.36. The number of amides is 1. The molecule has 0 radical (unpaired) electrons. The van der Waals surface area contributed by atoms with Gasteiger partial charge in [0.15, 0.2) is 0 Å². The Labute approximate surface area is 219 Å². The monoisotopic (exact) mass is 516 g/mol. The smallest absolute Gasteiger partial charge is 0.264 e. The van der Waals surface area contributed by atoms with E-state index in [0.29, 0.717) is 6.54 Å². The first-order valence-corrected chi connectivity index (χ1v) is 13.5. The molecule has 0 saturated heterocycles. The average Bonchev–Trinajstić information content (AvgIpc) is 3.49. The molecule has 0 bridgehead atoms. The Bertz CT molecular complexity index is 1400. The average molecular weight is 517 g/mol. The van der Waals surface area contributed by atoms with E-state index >= 15 is 0 Å². The Kier molecular flexibility index (Phi) is 6.52. The summed E-state index contributed by atoms with van der Waals surface area (Å²) >= 11 is 1.49. The number of aromatic nitrogens is 2. The van der Waals surface area contributed by atoms with Gasteiger partial charge < -0.3 is 9.64 Å². The largest absolute Gasteiger partial charge is 0.494 e. The molecule has 2 aromatic heterocycles. The van der Waals surface area contributed by atoms with Crippen LogP contribution < -0.4 is 4.74 Å². The first kappa shape index (κ1) is 23.9. The molecule has 0 spiro atoms. The standard InChI is InChI=1S/C29H29FN4O2S/c1-36-27-6-3-2-5-26(27)34-25-14-15-32(17-20-8-10-21(30)11-9-20)18-23(25)24(31-34)19-33(22-12-13-22)29(35)28-7-4-16-37-28/h2-11,16,22H,12-15,17-19H2,1H3. The van der Waals surface area contributed by atoms with Gasteiger partial charge in [-0.1, -0.05) is 30.3 Å². The normalized spacial score (nSPS) is 15.4. The maximum atomic E-state index is 13.4. The van der Waals surface area contributed by atoms with Crippen LogP contribution in [0, 0.1) is 5.82 Å². The van der Waals surface area contributed by atoms with Gasteiger partial charge in [-0.3, -0.25) is 9.69 Å². The highest BCUT2D eigenvalue weighted by molar-refractivity contribution is 7.12. The highest BCUT2D eigenvalue weighted by Crippen LogP contribution is 2.34. The molecule has 37 heavy (non-hydrogen) atoms. The number of methoxy groups -OCH3 is 1. The molecule has 4 aromatic rings. The summed E-state index contributed by atoms with van der Waals surface area (Å²) < 4.78 is 21.1. The number of hydrogen-bond donors (Lipinski definition) is 0. The lowest BCUT2D eigenvalue weighted by Gasteiger charge is -2.28. The molecule has 8 heteroatoms. The van der Waals surface area contributed by atoms with Gasteiger partial charge in [0.05, 0.1) is 29.9 Å². The van der Waals surface area contributed by atoms with Crippen molar-refractivity contribution in [1.82, 2.24) is 19.6 Å². The van der Waals surface area contributed by atoms with Gasteiger partial charge in [-0.2, -0.15) is 5.10 Å². The van der Waals surface area contributed by atoms with E-state index in [-0.39, 0.29) is 17.8 Å². The molecule has 0 atom stereocenters. The molecule has 6 rings (SSSR count). The van der Waals surface area contributed by atoms with Crippen molar-refractivity contribution in [3.63, 3.8) is 0 Å². The number of benzene rings is 2. The SMILES string of the molecule is COc1ccccc1-n1nc(CN(C(=O)c2cccs2)C2CC2)c2c1CCN(Cc1ccc(F)cc1)C2. The summed E-state index contributed by atoms with van der Waals surface area (Å²) in [4.78, 5) is 18.5. The quantitative estimate of drug-likeness (QED) is 0.313. The molecule has 1 saturated carbocycles. The zero-order valence-corrected chi connectivity index (χ0v) is 21.6. The predicted octanol–water partition coefficient (Wildman–Crippen LogP) is 5.44. The fraction of sp³-hybridized carbons (Fsp3) is 0.310. The third kappa shape index (κ3) is 4.91. The zero-order valence-electron chi connectivity index (χ0n) is 20.8. The van der Waals surface area contributed by atoms with Gasteiger partial charge in [0.1, 0.15) is 17.3 Å². The maximum absolute atomic E-state index is 13.4. The third-order valence-corrected chi connectivity index (χ3v) is 8.01. The second-order valence-electron chi connectivity index (χ2n) is 9.68. The minimum atomic E-state index is -0.222. The minimum Gasteiger partial charge on any atom is -0.494 e. The number of hydrogen-bond acceptors (Lipinski definition) is 5. The van der Waals surface area contributed by atoms with Gasteiger partial charge in [-0.15, -0.1) is 11.3 Å². The predicted molar refractivity (Wildman–Crippen MR) is 142 cm³/mol. The molecular formula is C29H29FN4O2S. The van der Waals surface area contributed by atoms with Crippen LogP contribution in [0.4, 0.5) is 4.39 Å². The topological polar surface area (TPSA) is 50.6 Å². The van der Waals surface area contributed by atoms with Crippen molar-refractivity contribution in [2.24, 2.45) is 0 Å². The number of para-hydroxylation sites is 2. The Morgan fingerprint density at radius 2 is 1.95 bits per heavy atom. The van der Waals surface area contributed by atoms with E-state index in [1.54, 1.807) is 7.11 Å². The molecule has 1 aliphatic heterocycles. The maximum Gasteiger partial charge on any atom is 0.264 e. The first-order chi connectivity index (χ1) is 18.1. The van der Waals surface area contributed by atoms with Gasteiger partial charge in [-0.25, -0.2) is 9.07 Å². The summed E-state index contributed by atoms with van der Waals surface area (Å²) in [6.07, 6.45) is 2.89. The summed E-state index contributed by atoms with van der Waals surface area (Å²) in [5.41, 5.74) is 5.25. The van der Waals surface area contributed by atoms with E-state index in [9.17, 15) is 9.18 Å². The van der Waals surface area contributed by atoms with Gasteiger partial charge in [0, 0.05) is 37.7 Å². The van der Waals surface area contributed by atoms with Crippen molar-refractivity contribution in [2.45, 2.75) is 44.9 Å². The first-order valence-electron chi connectivity index (χ1n) is 12.6. The van der Waals surface area contributed by atoms with Gasteiger partial charge in [0.2, 0.25) is 0 Å². The Morgan fingerprint density at radius 3 is 2.68 bits per heavy atom. The molecule has 0 N–H and O–H groups in total. The van der Waals surface area contributed by atoms with Crippen molar-refractivity contribution in [2.75, 3.05) is 13.7 Å². The molecule has 1 fully saturated rings. The number of carbonyl (C=O) groups is 1. The molecule has 1 aliphatic carbocycles. The highest BCUT2D eigenvalue weighted by Gasteiger charge is 2.36. The van der Waals surface area contributed by atoms with E-state index in [0.717, 1.165) is 72.2 Å². The number of rotatable bonds is 8. The van der Waals surface area contributed by atoms with Crippen LogP contribution >= 0.6 is 11.3 Å². The van der Waals surface area contributed by atoms with Crippen LogP contribution in [0.25, 0.3) is 5.69 Å². The number of nitrogens with zero attached hydrogens (tertiary/aromatic N) is 4. The van der Waals surface area contributed by atoms with Gasteiger partial charge in [0.25, 0.3) is 5.91 Å². The van der Waals surface area contributed by atoms with Crippen LogP contribution in [0.5, 0.6) is 5.75 Å². The summed E-state index contributed by atoms with van der Waals surface area (Å²) in [6, 6.07) is 18.7. The number of thiophene rings is 1. The van der Waals surface area contributed by atoms with Crippen LogP contribution in [0.15, 0.2) is 66.0 Å². The fourth-order valence-corrected chi connectivity index (χ4v) is 5.79. The highest BCUT2D eigenvalue weighted by atomic mass is 32.1. The fourth-order valence-electron chi connectivity index (χ4n) is 5.11. The number of carbonyl (C=O) groups excluding carboxylic acids is 1. The van der Waals surface area contributed by atoms with Crippen LogP contribution in [0.2, 0.25) is 0 Å². The lowest BCUT2D eigenvalue weighted by molar-refractivity contribution is 0.0731. The molecule has 2 aromatic carbocycles. The summed E-state index contributed by atoms with van der Waals surface area (Å²) in [5, 5.41) is 7.06. The lowest BCUT2D eigenvalue weighted by atomic mass is 10.0. The van der Waals surface area contributed by atoms with E-state index in [1.807, 2.05) is 63.5 Å². The zero-order chi connectivity index (χ0) is 25.4. The van der Waals surface area contributed by atoms with Crippen LogP contribution in [-0.2, 0) is 26.1 Å². The third-order valence-electron chi connectivity index (χ3n) is 7.15. The van der Waals surface area contributed by atoms with Crippen molar-refractivity contribution in [3.8, 4) is 11.4 Å². The van der Waals surface area contributed by atoms with E-state index in [1.165, 1.54) is 29.0 Å². The van der Waals surface area contributed by atoms with Crippen LogP contribution in [-0.4, -0.2) is 45.2 Å². The molecule has 6 nitrogen and oxygen atoms in total. The molecule has 2 aliphatic rings. The van der Waals surface area contributed by atoms with Crippen molar-refractivity contribution < 1.29 is 13.9 Å². The second-order valence-corrected chi connectivity index (χ2v) is 10.6. The Morgan fingerprint density at radius 1 is 1.14 bits per heavy atom. The molecule has 1 amide bonds. The van der Waals surface area contributed by atoms with E-state index in [4.69, 9.17) is 9.84 Å². The minimum absolute atomic E-state index is 0.0806. The number of fused-ring (bicyclic) bond motifs is 1. The summed E-state index contributed by atoms with van der Waals surface area (Å²) in [7, 11) is 1.68. The molecule has 3 heterocycles. The van der Waals surface area contributed by atoms with E-state index in [2.05, 4.69) is 4.90 Å². The van der Waals surface area contributed by atoms with E-state index < -0.39 is 0 Å². The van der Waals surface area contributed by atoms with Crippen LogP contribution in [0.3, 0.4) is 0 Å². The summed E-state index contributed by atoms with van der Waals surface area (Å²) in [6.45, 7) is 2.81. The molecule has 190 valence electrons. The molecular weight excluding hydrogens is 487 g/mol. The number of halogens is 1. The van der Waals surface area contributed by atoms with Crippen molar-refractivity contribution in [3.05, 3.63) is 99.3 Å². The number of ether oxygens (including phenoxy) is 1. The summed E-state index contributed by atoms with van der Waals surface area (Å²) in [5.74, 6) is 0.625. The van der Waals surface area contributed by atoms with Gasteiger partial charge >= 0.3 is 0 Å². The lowest BCUT2D eigenvalue weighted by Crippen LogP contribution is -2.34. The molecule has 0 unspecified atom stereocenters. The van der Waals surface area contributed by atoms with Crippen LogP contribution in [0.1, 0.15) is 45.0 Å². The second kappa shape index (κ2) is 10.1. The van der Waals surface area contributed by atoms with Gasteiger partial charge in [-0.05, 0) is 54.1 Å². The Hall–Kier alpha value is -3.49. The van der Waals surface area contributed by atoms with Crippen molar-refractivity contribution in [1.29, 1.82) is 0 Å².